The van der Waals surface area contributed by atoms with Gasteiger partial charge in [-0.3, -0.25) is 4.79 Å². The number of carbonyl (C=O) groups excluding carboxylic acids is 1. The molecule has 0 atom stereocenters. The van der Waals surface area contributed by atoms with E-state index in [0.29, 0.717) is 25.2 Å². The lowest BCUT2D eigenvalue weighted by atomic mass is 10.1. The molecule has 1 amide bonds. The molecule has 1 aliphatic heterocycles. The van der Waals surface area contributed by atoms with Crippen LogP contribution < -0.4 is 5.73 Å². The molecule has 0 aliphatic carbocycles. The van der Waals surface area contributed by atoms with E-state index in [1.807, 2.05) is 0 Å². The van der Waals surface area contributed by atoms with Crippen molar-refractivity contribution in [3.63, 3.8) is 0 Å². The first kappa shape index (κ1) is 9.15. The number of halogens is 1. The Balaban J connectivity index is 2.31. The molecular weight excluding hydrogens is 183 g/mol. The van der Waals surface area contributed by atoms with Gasteiger partial charge in [0.2, 0.25) is 0 Å². The first-order valence-electron chi connectivity index (χ1n) is 4.50. The molecule has 0 saturated heterocycles. The summed E-state index contributed by atoms with van der Waals surface area (Å²) in [6, 6.07) is 4.31. The van der Waals surface area contributed by atoms with Gasteiger partial charge in [-0.1, -0.05) is 6.07 Å². The Bertz CT molecular complexity index is 378. The fourth-order valence-electron chi connectivity index (χ4n) is 1.67. The third-order valence-corrected chi connectivity index (χ3v) is 2.35. The average molecular weight is 194 g/mol. The second kappa shape index (κ2) is 3.38. The molecular formula is C10H11FN2O. The molecule has 0 bridgehead atoms. The molecule has 74 valence electrons. The van der Waals surface area contributed by atoms with E-state index in [-0.39, 0.29) is 11.7 Å². The maximum Gasteiger partial charge on any atom is 0.254 e. The summed E-state index contributed by atoms with van der Waals surface area (Å²) in [5, 5.41) is 0. The van der Waals surface area contributed by atoms with Crippen molar-refractivity contribution in [1.29, 1.82) is 0 Å². The molecule has 1 aromatic carbocycles. The average Bonchev–Trinajstić information content (AvgIpc) is 2.46. The standard InChI is InChI=1S/C10H11FN2O/c11-8-2-1-7-6-13(4-3-12)10(14)9(7)5-8/h1-2,5H,3-4,6,12H2. The van der Waals surface area contributed by atoms with Crippen molar-refractivity contribution in [1.82, 2.24) is 4.90 Å². The summed E-state index contributed by atoms with van der Waals surface area (Å²) in [4.78, 5) is 13.3. The highest BCUT2D eigenvalue weighted by Gasteiger charge is 2.26. The third-order valence-electron chi connectivity index (χ3n) is 2.35. The molecule has 0 saturated carbocycles. The monoisotopic (exact) mass is 194 g/mol. The van der Waals surface area contributed by atoms with E-state index < -0.39 is 0 Å². The lowest BCUT2D eigenvalue weighted by molar-refractivity contribution is 0.0783. The van der Waals surface area contributed by atoms with Crippen molar-refractivity contribution in [3.8, 4) is 0 Å². The summed E-state index contributed by atoms with van der Waals surface area (Å²) >= 11 is 0. The van der Waals surface area contributed by atoms with E-state index in [9.17, 15) is 9.18 Å². The van der Waals surface area contributed by atoms with Crippen molar-refractivity contribution in [2.24, 2.45) is 5.73 Å². The van der Waals surface area contributed by atoms with Crippen LogP contribution in [0.1, 0.15) is 15.9 Å². The molecule has 3 nitrogen and oxygen atoms in total. The Labute approximate surface area is 81.3 Å². The Morgan fingerprint density at radius 3 is 3.00 bits per heavy atom. The van der Waals surface area contributed by atoms with Crippen LogP contribution in [-0.4, -0.2) is 23.9 Å². The molecule has 1 aliphatic rings. The Kier molecular flexibility index (Phi) is 2.21. The van der Waals surface area contributed by atoms with Gasteiger partial charge in [0.1, 0.15) is 5.82 Å². The van der Waals surface area contributed by atoms with Gasteiger partial charge >= 0.3 is 0 Å². The molecule has 0 spiro atoms. The third kappa shape index (κ3) is 1.37. The normalized spacial score (nSPS) is 14.7. The molecule has 0 fully saturated rings. The number of rotatable bonds is 2. The van der Waals surface area contributed by atoms with Crippen LogP contribution in [0.15, 0.2) is 18.2 Å². The lowest BCUT2D eigenvalue weighted by Gasteiger charge is -2.13. The maximum absolute atomic E-state index is 12.9. The minimum absolute atomic E-state index is 0.120. The lowest BCUT2D eigenvalue weighted by Crippen LogP contribution is -2.29. The highest BCUT2D eigenvalue weighted by Crippen LogP contribution is 2.22. The summed E-state index contributed by atoms with van der Waals surface area (Å²) in [5.41, 5.74) is 6.72. The molecule has 1 heterocycles. The second-order valence-electron chi connectivity index (χ2n) is 3.32. The van der Waals surface area contributed by atoms with E-state index in [1.165, 1.54) is 12.1 Å². The van der Waals surface area contributed by atoms with E-state index in [0.717, 1.165) is 5.56 Å². The second-order valence-corrected chi connectivity index (χ2v) is 3.32. The number of benzene rings is 1. The van der Waals surface area contributed by atoms with Gasteiger partial charge in [-0.2, -0.15) is 0 Å². The van der Waals surface area contributed by atoms with E-state index in [2.05, 4.69) is 0 Å². The zero-order chi connectivity index (χ0) is 10.1. The van der Waals surface area contributed by atoms with Gasteiger partial charge < -0.3 is 10.6 Å². The summed E-state index contributed by atoms with van der Waals surface area (Å²) in [6.07, 6.45) is 0. The van der Waals surface area contributed by atoms with Gasteiger partial charge in [-0.15, -0.1) is 0 Å². The molecule has 14 heavy (non-hydrogen) atoms. The fraction of sp³-hybridized carbons (Fsp3) is 0.300. The molecule has 0 aromatic heterocycles. The number of nitrogens with two attached hydrogens (primary N) is 1. The van der Waals surface area contributed by atoms with Gasteiger partial charge in [0.05, 0.1) is 0 Å². The van der Waals surface area contributed by atoms with Crippen LogP contribution in [0, 0.1) is 5.82 Å². The number of hydrogen-bond donors (Lipinski definition) is 1. The van der Waals surface area contributed by atoms with Gasteiger partial charge in [0, 0.05) is 25.2 Å². The van der Waals surface area contributed by atoms with E-state index in [1.54, 1.807) is 11.0 Å². The summed E-state index contributed by atoms with van der Waals surface area (Å²) in [6.45, 7) is 1.50. The minimum Gasteiger partial charge on any atom is -0.333 e. The fourth-order valence-corrected chi connectivity index (χ4v) is 1.67. The van der Waals surface area contributed by atoms with Crippen LogP contribution in [0.25, 0.3) is 0 Å². The summed E-state index contributed by atoms with van der Waals surface area (Å²) < 4.78 is 12.9. The van der Waals surface area contributed by atoms with Gasteiger partial charge in [0.25, 0.3) is 5.91 Å². The van der Waals surface area contributed by atoms with Crippen LogP contribution in [-0.2, 0) is 6.54 Å². The van der Waals surface area contributed by atoms with Gasteiger partial charge in [-0.25, -0.2) is 4.39 Å². The van der Waals surface area contributed by atoms with Crippen LogP contribution in [0.3, 0.4) is 0 Å². The quantitative estimate of drug-likeness (QED) is 0.754. The Morgan fingerprint density at radius 1 is 1.50 bits per heavy atom. The Hall–Kier alpha value is -1.42. The minimum atomic E-state index is -0.369. The molecule has 0 unspecified atom stereocenters. The highest BCUT2D eigenvalue weighted by atomic mass is 19.1. The predicted molar refractivity (Wildman–Crippen MR) is 50.2 cm³/mol. The topological polar surface area (TPSA) is 46.3 Å². The molecule has 4 heteroatoms. The first-order chi connectivity index (χ1) is 6.72. The Morgan fingerprint density at radius 2 is 2.29 bits per heavy atom. The van der Waals surface area contributed by atoms with Crippen LogP contribution in [0.2, 0.25) is 0 Å². The van der Waals surface area contributed by atoms with Crippen molar-refractivity contribution in [2.75, 3.05) is 13.1 Å². The van der Waals surface area contributed by atoms with Crippen molar-refractivity contribution in [2.45, 2.75) is 6.54 Å². The number of nitrogens with zero attached hydrogens (tertiary/aromatic N) is 1. The summed E-state index contributed by atoms with van der Waals surface area (Å²) in [7, 11) is 0. The van der Waals surface area contributed by atoms with Crippen LogP contribution in [0.4, 0.5) is 4.39 Å². The maximum atomic E-state index is 12.9. The smallest absolute Gasteiger partial charge is 0.254 e. The SMILES string of the molecule is NCCN1Cc2ccc(F)cc2C1=O. The van der Waals surface area contributed by atoms with E-state index >= 15 is 0 Å². The predicted octanol–water partition coefficient (Wildman–Crippen LogP) is 0.740. The number of carbonyl (C=O) groups is 1. The molecule has 0 radical (unpaired) electrons. The molecule has 2 rings (SSSR count). The molecule has 2 N–H and O–H groups in total. The zero-order valence-electron chi connectivity index (χ0n) is 7.66. The number of fused-ring (bicyclic) bond motifs is 1. The summed E-state index contributed by atoms with van der Waals surface area (Å²) in [5.74, 6) is -0.489. The highest BCUT2D eigenvalue weighted by molar-refractivity contribution is 5.98. The number of hydrogen-bond acceptors (Lipinski definition) is 2. The van der Waals surface area contributed by atoms with Crippen LogP contribution >= 0.6 is 0 Å². The van der Waals surface area contributed by atoms with Gasteiger partial charge in [0.15, 0.2) is 0 Å². The van der Waals surface area contributed by atoms with Crippen molar-refractivity contribution >= 4 is 5.91 Å². The van der Waals surface area contributed by atoms with Crippen LogP contribution in [0.5, 0.6) is 0 Å². The van der Waals surface area contributed by atoms with Crippen molar-refractivity contribution < 1.29 is 9.18 Å². The largest absolute Gasteiger partial charge is 0.333 e. The van der Waals surface area contributed by atoms with Gasteiger partial charge in [-0.05, 0) is 17.7 Å². The number of amides is 1. The first-order valence-corrected chi connectivity index (χ1v) is 4.50. The zero-order valence-corrected chi connectivity index (χ0v) is 7.66. The van der Waals surface area contributed by atoms with Crippen molar-refractivity contribution in [3.05, 3.63) is 35.1 Å². The van der Waals surface area contributed by atoms with E-state index in [4.69, 9.17) is 5.73 Å². The molecule has 1 aromatic rings.